The van der Waals surface area contributed by atoms with Crippen LogP contribution in [-0.4, -0.2) is 0 Å². The van der Waals surface area contributed by atoms with E-state index in [0.29, 0.717) is 0 Å². The molecule has 0 amide bonds. The molecule has 1 heteroatoms. The summed E-state index contributed by atoms with van der Waals surface area (Å²) in [5.41, 5.74) is 2.43. The Bertz CT molecular complexity index is 652. The third kappa shape index (κ3) is 2.89. The molecule has 0 aliphatic carbocycles. The van der Waals surface area contributed by atoms with Gasteiger partial charge in [0, 0.05) is 0 Å². The lowest BCUT2D eigenvalue weighted by atomic mass is 9.95. The molecule has 20 heavy (non-hydrogen) atoms. The van der Waals surface area contributed by atoms with Crippen molar-refractivity contribution in [2.45, 2.75) is 5.92 Å². The molecular weight excluding hydrogens is 244 g/mol. The molecule has 98 valence electrons. The predicted molar refractivity (Wildman–Crippen MR) is 82.5 cm³/mol. The van der Waals surface area contributed by atoms with Crippen molar-refractivity contribution in [3.8, 4) is 0 Å². The van der Waals surface area contributed by atoms with Gasteiger partial charge in [0.2, 0.25) is 0 Å². The lowest BCUT2D eigenvalue weighted by Crippen LogP contribution is -1.95. The Balaban J connectivity index is 1.93. The second-order valence-corrected chi connectivity index (χ2v) is 4.67. The van der Waals surface area contributed by atoms with Crippen LogP contribution in [0.5, 0.6) is 0 Å². The average molecular weight is 260 g/mol. The van der Waals surface area contributed by atoms with Crippen LogP contribution >= 0.6 is 0 Å². The van der Waals surface area contributed by atoms with Gasteiger partial charge >= 0.3 is 0 Å². The maximum absolute atomic E-state index is 5.59. The molecule has 0 bridgehead atoms. The van der Waals surface area contributed by atoms with Gasteiger partial charge in [0.05, 0.1) is 12.2 Å². The highest BCUT2D eigenvalue weighted by atomic mass is 16.3. The Morgan fingerprint density at radius 2 is 1.45 bits per heavy atom. The predicted octanol–water partition coefficient (Wildman–Crippen LogP) is 5.12. The number of rotatable bonds is 4. The minimum atomic E-state index is 0.145. The lowest BCUT2D eigenvalue weighted by Gasteiger charge is -2.10. The number of benzene rings is 2. The van der Waals surface area contributed by atoms with E-state index in [1.165, 1.54) is 11.1 Å². The topological polar surface area (TPSA) is 13.1 Å². The van der Waals surface area contributed by atoms with Gasteiger partial charge in [0.15, 0.2) is 0 Å². The van der Waals surface area contributed by atoms with Crippen LogP contribution in [0.3, 0.4) is 0 Å². The zero-order chi connectivity index (χ0) is 13.6. The van der Waals surface area contributed by atoms with Crippen LogP contribution < -0.4 is 0 Å². The van der Waals surface area contributed by atoms with E-state index in [9.17, 15) is 0 Å². The Labute approximate surface area is 119 Å². The molecule has 3 aromatic rings. The van der Waals surface area contributed by atoms with Crippen molar-refractivity contribution < 1.29 is 4.42 Å². The molecule has 0 radical (unpaired) electrons. The summed E-state index contributed by atoms with van der Waals surface area (Å²) >= 11 is 0. The zero-order valence-electron chi connectivity index (χ0n) is 11.1. The fraction of sp³-hybridized carbons (Fsp3) is 0.0526. The standard InChI is InChI=1S/C19H16O/c1-3-8-16(9-4-1)13-14-18(19-12-7-15-20-19)17-10-5-2-6-11-17/h1-15,18H/b14-13+. The van der Waals surface area contributed by atoms with Crippen molar-refractivity contribution >= 4 is 6.08 Å². The molecule has 0 saturated heterocycles. The van der Waals surface area contributed by atoms with Gasteiger partial charge in [0.25, 0.3) is 0 Å². The molecule has 1 unspecified atom stereocenters. The van der Waals surface area contributed by atoms with Crippen molar-refractivity contribution in [2.24, 2.45) is 0 Å². The molecule has 0 aliphatic heterocycles. The van der Waals surface area contributed by atoms with Crippen LogP contribution in [-0.2, 0) is 0 Å². The lowest BCUT2D eigenvalue weighted by molar-refractivity contribution is 0.507. The summed E-state index contributed by atoms with van der Waals surface area (Å²) in [5.74, 6) is 1.11. The third-order valence-corrected chi connectivity index (χ3v) is 3.29. The van der Waals surface area contributed by atoms with E-state index in [4.69, 9.17) is 4.42 Å². The molecule has 0 N–H and O–H groups in total. The van der Waals surface area contributed by atoms with Crippen molar-refractivity contribution in [2.75, 3.05) is 0 Å². The van der Waals surface area contributed by atoms with E-state index >= 15 is 0 Å². The Morgan fingerprint density at radius 3 is 2.10 bits per heavy atom. The summed E-state index contributed by atoms with van der Waals surface area (Å²) < 4.78 is 5.59. The van der Waals surface area contributed by atoms with Gasteiger partial charge in [-0.2, -0.15) is 0 Å². The fourth-order valence-electron chi connectivity index (χ4n) is 2.27. The van der Waals surface area contributed by atoms with E-state index in [-0.39, 0.29) is 5.92 Å². The maximum Gasteiger partial charge on any atom is 0.115 e. The molecule has 0 spiro atoms. The summed E-state index contributed by atoms with van der Waals surface area (Å²) in [6.07, 6.45) is 6.05. The first-order valence-corrected chi connectivity index (χ1v) is 6.75. The van der Waals surface area contributed by atoms with Crippen LogP contribution in [0.1, 0.15) is 22.8 Å². The Kier molecular flexibility index (Phi) is 3.79. The van der Waals surface area contributed by atoms with Gasteiger partial charge < -0.3 is 4.42 Å². The summed E-state index contributed by atoms with van der Waals surface area (Å²) in [4.78, 5) is 0. The van der Waals surface area contributed by atoms with Crippen LogP contribution in [0, 0.1) is 0 Å². The normalized spacial score (nSPS) is 12.6. The van der Waals surface area contributed by atoms with E-state index < -0.39 is 0 Å². The summed E-state index contributed by atoms with van der Waals surface area (Å²) in [6.45, 7) is 0. The fourth-order valence-corrected chi connectivity index (χ4v) is 2.27. The molecule has 1 heterocycles. The smallest absolute Gasteiger partial charge is 0.115 e. The molecule has 1 nitrogen and oxygen atoms in total. The number of hydrogen-bond acceptors (Lipinski definition) is 1. The minimum absolute atomic E-state index is 0.145. The van der Waals surface area contributed by atoms with Crippen molar-refractivity contribution in [1.29, 1.82) is 0 Å². The molecule has 3 rings (SSSR count). The van der Waals surface area contributed by atoms with Crippen LogP contribution in [0.15, 0.2) is 89.6 Å². The zero-order valence-corrected chi connectivity index (χ0v) is 11.1. The summed E-state index contributed by atoms with van der Waals surface area (Å²) in [7, 11) is 0. The van der Waals surface area contributed by atoms with Crippen molar-refractivity contribution in [3.05, 3.63) is 102 Å². The third-order valence-electron chi connectivity index (χ3n) is 3.29. The Morgan fingerprint density at radius 1 is 0.750 bits per heavy atom. The number of allylic oxidation sites excluding steroid dienone is 1. The van der Waals surface area contributed by atoms with E-state index in [2.05, 4.69) is 48.6 Å². The second kappa shape index (κ2) is 6.07. The van der Waals surface area contributed by atoms with E-state index in [0.717, 1.165) is 5.76 Å². The monoisotopic (exact) mass is 260 g/mol. The molecule has 1 atom stereocenters. The minimum Gasteiger partial charge on any atom is -0.468 e. The number of hydrogen-bond donors (Lipinski definition) is 0. The van der Waals surface area contributed by atoms with Crippen molar-refractivity contribution in [3.63, 3.8) is 0 Å². The molecule has 0 fully saturated rings. The molecular formula is C19H16O. The first-order chi connectivity index (χ1) is 9.93. The molecule has 0 aliphatic rings. The molecule has 2 aromatic carbocycles. The summed E-state index contributed by atoms with van der Waals surface area (Å²) in [5, 5.41) is 0. The number of furan rings is 1. The van der Waals surface area contributed by atoms with Crippen LogP contribution in [0.4, 0.5) is 0 Å². The SMILES string of the molecule is C(=C\C(c1ccccc1)c1ccco1)/c1ccccc1. The first-order valence-electron chi connectivity index (χ1n) is 6.75. The Hall–Kier alpha value is -2.54. The van der Waals surface area contributed by atoms with Gasteiger partial charge in [-0.1, -0.05) is 72.8 Å². The highest BCUT2D eigenvalue weighted by Gasteiger charge is 2.12. The highest BCUT2D eigenvalue weighted by Crippen LogP contribution is 2.27. The molecule has 1 aromatic heterocycles. The van der Waals surface area contributed by atoms with Gasteiger partial charge in [-0.15, -0.1) is 0 Å². The molecule has 0 saturated carbocycles. The van der Waals surface area contributed by atoms with Crippen LogP contribution in [0.2, 0.25) is 0 Å². The van der Waals surface area contributed by atoms with E-state index in [1.807, 2.05) is 36.4 Å². The van der Waals surface area contributed by atoms with Gasteiger partial charge in [-0.3, -0.25) is 0 Å². The second-order valence-electron chi connectivity index (χ2n) is 4.67. The maximum atomic E-state index is 5.59. The quantitative estimate of drug-likeness (QED) is 0.634. The summed E-state index contributed by atoms with van der Waals surface area (Å²) in [6, 6.07) is 24.7. The largest absolute Gasteiger partial charge is 0.468 e. The highest BCUT2D eigenvalue weighted by molar-refractivity contribution is 5.52. The van der Waals surface area contributed by atoms with Gasteiger partial charge in [-0.25, -0.2) is 0 Å². The van der Waals surface area contributed by atoms with Gasteiger partial charge in [0.1, 0.15) is 5.76 Å². The van der Waals surface area contributed by atoms with Gasteiger partial charge in [-0.05, 0) is 23.3 Å². The van der Waals surface area contributed by atoms with Crippen molar-refractivity contribution in [1.82, 2.24) is 0 Å². The first kappa shape index (κ1) is 12.5. The average Bonchev–Trinajstić information content (AvgIpc) is 3.04. The van der Waals surface area contributed by atoms with E-state index in [1.54, 1.807) is 6.26 Å². The van der Waals surface area contributed by atoms with Crippen LogP contribution in [0.25, 0.3) is 6.08 Å².